The Morgan fingerprint density at radius 3 is 1.26 bits per heavy atom. The highest BCUT2D eigenvalue weighted by molar-refractivity contribution is 5.57. The number of aliphatic hydroxyl groups is 2. The molecule has 4 heteroatoms. The molecule has 4 N–H and O–H groups in total. The van der Waals surface area contributed by atoms with Crippen LogP contribution in [0.15, 0.2) is 24.3 Å². The van der Waals surface area contributed by atoms with E-state index in [1.807, 2.05) is 0 Å². The van der Waals surface area contributed by atoms with Crippen LogP contribution in [0.25, 0.3) is 0 Å². The number of phenols is 2. The molecule has 214 valence electrons. The van der Waals surface area contributed by atoms with Gasteiger partial charge in [-0.25, -0.2) is 0 Å². The van der Waals surface area contributed by atoms with E-state index < -0.39 is 0 Å². The van der Waals surface area contributed by atoms with E-state index >= 15 is 0 Å². The molecule has 0 aliphatic heterocycles. The van der Waals surface area contributed by atoms with Crippen molar-refractivity contribution >= 4 is 0 Å². The number of rotatable bonds is 14. The first-order valence-corrected chi connectivity index (χ1v) is 14.6. The maximum atomic E-state index is 11.9. The third-order valence-electron chi connectivity index (χ3n) is 9.19. The highest BCUT2D eigenvalue weighted by atomic mass is 16.3. The van der Waals surface area contributed by atoms with Gasteiger partial charge in [-0.1, -0.05) is 93.0 Å². The molecule has 0 saturated heterocycles. The van der Waals surface area contributed by atoms with Crippen molar-refractivity contribution in [1.29, 1.82) is 0 Å². The molecule has 2 aromatic rings. The Morgan fingerprint density at radius 2 is 0.974 bits per heavy atom. The lowest BCUT2D eigenvalue weighted by Gasteiger charge is -2.38. The Labute approximate surface area is 232 Å². The lowest BCUT2D eigenvalue weighted by molar-refractivity contribution is 0.286. The van der Waals surface area contributed by atoms with Crippen LogP contribution in [0.1, 0.15) is 134 Å². The Kier molecular flexibility index (Phi) is 10.9. The molecule has 0 amide bonds. The van der Waals surface area contributed by atoms with E-state index in [1.54, 1.807) is 0 Å². The molecule has 38 heavy (non-hydrogen) atoms. The summed E-state index contributed by atoms with van der Waals surface area (Å²) in [5.74, 6) is 0.383. The molecule has 4 nitrogen and oxygen atoms in total. The van der Waals surface area contributed by atoms with Crippen molar-refractivity contribution in [3.05, 3.63) is 57.6 Å². The summed E-state index contributed by atoms with van der Waals surface area (Å²) in [6.07, 6.45) is 5.39. The summed E-state index contributed by atoms with van der Waals surface area (Å²) in [6.45, 7) is 19.8. The maximum absolute atomic E-state index is 11.9. The van der Waals surface area contributed by atoms with E-state index in [0.717, 1.165) is 65.5 Å². The number of benzene rings is 2. The number of aryl methyl sites for hydroxylation is 2. The normalized spacial score (nSPS) is 12.9. The molecule has 0 bridgehead atoms. The van der Waals surface area contributed by atoms with E-state index in [4.69, 9.17) is 0 Å². The monoisotopic (exact) mass is 526 g/mol. The molecule has 0 unspecified atom stereocenters. The molecule has 0 radical (unpaired) electrons. The van der Waals surface area contributed by atoms with Gasteiger partial charge in [0, 0.05) is 41.4 Å². The van der Waals surface area contributed by atoms with Crippen LogP contribution in [0.5, 0.6) is 11.5 Å². The summed E-state index contributed by atoms with van der Waals surface area (Å²) >= 11 is 0. The van der Waals surface area contributed by atoms with Crippen LogP contribution in [0, 0.1) is 5.41 Å². The molecular formula is C34H54O4. The number of aromatic hydroxyl groups is 2. The van der Waals surface area contributed by atoms with Crippen LogP contribution in [-0.4, -0.2) is 33.6 Å². The third kappa shape index (κ3) is 6.93. The summed E-state index contributed by atoms with van der Waals surface area (Å²) < 4.78 is 0. The molecule has 2 aromatic carbocycles. The standard InChI is InChI=1S/C34H54O4/c1-10-32(4,5)27-21-23(15-13-17-35)19-25(30(27)37)29(34(8,9)12-3)26-20-24(16-14-18-36)22-28(31(26)38)33(6,7)11-2/h19-22,29,35-38H,10-18H2,1-9H3. The summed E-state index contributed by atoms with van der Waals surface area (Å²) in [5, 5.41) is 42.9. The first-order chi connectivity index (χ1) is 17.7. The molecule has 0 atom stereocenters. The quantitative estimate of drug-likeness (QED) is 0.202. The zero-order chi connectivity index (χ0) is 28.9. The summed E-state index contributed by atoms with van der Waals surface area (Å²) in [5.41, 5.74) is 5.03. The molecule has 0 saturated carbocycles. The fourth-order valence-corrected chi connectivity index (χ4v) is 5.36. The molecular weight excluding hydrogens is 472 g/mol. The Morgan fingerprint density at radius 1 is 0.605 bits per heavy atom. The first kappa shape index (κ1) is 32.2. The predicted octanol–water partition coefficient (Wildman–Crippen LogP) is 7.89. The second-order valence-electron chi connectivity index (χ2n) is 13.1. The third-order valence-corrected chi connectivity index (χ3v) is 9.19. The minimum Gasteiger partial charge on any atom is -0.507 e. The maximum Gasteiger partial charge on any atom is 0.123 e. The predicted molar refractivity (Wildman–Crippen MR) is 160 cm³/mol. The number of aliphatic hydroxyl groups excluding tert-OH is 2. The summed E-state index contributed by atoms with van der Waals surface area (Å²) in [7, 11) is 0. The summed E-state index contributed by atoms with van der Waals surface area (Å²) in [6, 6.07) is 8.42. The van der Waals surface area contributed by atoms with Crippen LogP contribution < -0.4 is 0 Å². The van der Waals surface area contributed by atoms with Crippen molar-refractivity contribution < 1.29 is 20.4 Å². The van der Waals surface area contributed by atoms with E-state index in [9.17, 15) is 20.4 Å². The highest BCUT2D eigenvalue weighted by Gasteiger charge is 2.38. The lowest BCUT2D eigenvalue weighted by Crippen LogP contribution is -2.26. The smallest absolute Gasteiger partial charge is 0.123 e. The minimum atomic E-state index is -0.262. The molecule has 0 aromatic heterocycles. The van der Waals surface area contributed by atoms with Crippen molar-refractivity contribution in [2.75, 3.05) is 13.2 Å². The molecule has 0 aliphatic rings. The SMILES string of the molecule is CCC(C)(C)c1cc(CCCO)cc(C(c2cc(CCCO)cc(C(C)(C)CC)c2O)C(C)(C)CC)c1O. The second kappa shape index (κ2) is 12.9. The van der Waals surface area contributed by atoms with Crippen molar-refractivity contribution in [1.82, 2.24) is 0 Å². The van der Waals surface area contributed by atoms with E-state index in [0.29, 0.717) is 24.3 Å². The first-order valence-electron chi connectivity index (χ1n) is 14.6. The van der Waals surface area contributed by atoms with Gasteiger partial charge in [0.05, 0.1) is 0 Å². The van der Waals surface area contributed by atoms with Crippen LogP contribution in [-0.2, 0) is 23.7 Å². The van der Waals surface area contributed by atoms with Gasteiger partial charge in [0.15, 0.2) is 0 Å². The lowest BCUT2D eigenvalue weighted by atomic mass is 9.66. The fraction of sp³-hybridized carbons (Fsp3) is 0.647. The van der Waals surface area contributed by atoms with Gasteiger partial charge >= 0.3 is 0 Å². The van der Waals surface area contributed by atoms with Gasteiger partial charge in [0.1, 0.15) is 11.5 Å². The Hall–Kier alpha value is -2.04. The van der Waals surface area contributed by atoms with Gasteiger partial charge in [-0.2, -0.15) is 0 Å². The average molecular weight is 527 g/mol. The van der Waals surface area contributed by atoms with Crippen LogP contribution in [0.2, 0.25) is 0 Å². The number of phenolic OH excluding ortho intramolecular Hbond substituents is 2. The zero-order valence-corrected chi connectivity index (χ0v) is 25.5. The van der Waals surface area contributed by atoms with Crippen LogP contribution >= 0.6 is 0 Å². The highest BCUT2D eigenvalue weighted by Crippen LogP contribution is 2.53. The molecule has 0 aliphatic carbocycles. The topological polar surface area (TPSA) is 80.9 Å². The Bertz CT molecular complexity index is 987. The molecule has 0 fully saturated rings. The largest absolute Gasteiger partial charge is 0.507 e. The average Bonchev–Trinajstić information content (AvgIpc) is 2.88. The zero-order valence-electron chi connectivity index (χ0n) is 25.5. The van der Waals surface area contributed by atoms with Gasteiger partial charge in [-0.3, -0.25) is 0 Å². The van der Waals surface area contributed by atoms with Crippen molar-refractivity contribution in [2.45, 2.75) is 124 Å². The van der Waals surface area contributed by atoms with E-state index in [2.05, 4.69) is 86.6 Å². The molecule has 2 rings (SSSR count). The van der Waals surface area contributed by atoms with Crippen molar-refractivity contribution in [3.63, 3.8) is 0 Å². The number of hydrogen-bond acceptors (Lipinski definition) is 4. The van der Waals surface area contributed by atoms with Gasteiger partial charge in [0.25, 0.3) is 0 Å². The van der Waals surface area contributed by atoms with Crippen LogP contribution in [0.4, 0.5) is 0 Å². The van der Waals surface area contributed by atoms with Gasteiger partial charge in [-0.05, 0) is 65.9 Å². The van der Waals surface area contributed by atoms with E-state index in [-0.39, 0.29) is 35.4 Å². The van der Waals surface area contributed by atoms with E-state index in [1.165, 1.54) is 0 Å². The molecule has 0 heterocycles. The van der Waals surface area contributed by atoms with Crippen molar-refractivity contribution in [2.24, 2.45) is 5.41 Å². The van der Waals surface area contributed by atoms with Crippen LogP contribution in [0.3, 0.4) is 0 Å². The van der Waals surface area contributed by atoms with Crippen molar-refractivity contribution in [3.8, 4) is 11.5 Å². The Balaban J connectivity index is 3.01. The molecule has 0 spiro atoms. The fourth-order valence-electron chi connectivity index (χ4n) is 5.36. The van der Waals surface area contributed by atoms with Gasteiger partial charge in [0.2, 0.25) is 0 Å². The van der Waals surface area contributed by atoms with Gasteiger partial charge < -0.3 is 20.4 Å². The minimum absolute atomic E-state index is 0.121. The number of hydrogen-bond donors (Lipinski definition) is 4. The van der Waals surface area contributed by atoms with Gasteiger partial charge in [-0.15, -0.1) is 0 Å². The second-order valence-corrected chi connectivity index (χ2v) is 13.1. The summed E-state index contributed by atoms with van der Waals surface area (Å²) in [4.78, 5) is 0.